The number of aryl methyl sites for hydroxylation is 1. The Labute approximate surface area is 191 Å². The normalized spacial score (nSPS) is 11.2. The number of methoxy groups -OCH3 is 1. The van der Waals surface area contributed by atoms with E-state index in [1.54, 1.807) is 23.5 Å². The molecule has 162 valence electrons. The highest BCUT2D eigenvalue weighted by atomic mass is 127. The number of nitrogens with zero attached hydrogens (tertiary/aromatic N) is 3. The Morgan fingerprint density at radius 1 is 1.34 bits per heavy atom. The number of hydrogen-bond donors (Lipinski definition) is 1. The lowest BCUT2D eigenvalue weighted by atomic mass is 10.1. The number of aromatic nitrogens is 1. The second-order valence-corrected chi connectivity index (χ2v) is 7.13. The van der Waals surface area contributed by atoms with Gasteiger partial charge >= 0.3 is 6.61 Å². The van der Waals surface area contributed by atoms with E-state index in [0.29, 0.717) is 19.5 Å². The summed E-state index contributed by atoms with van der Waals surface area (Å²) in [5, 5.41) is 6.33. The first-order chi connectivity index (χ1) is 13.4. The minimum atomic E-state index is -2.90. The van der Waals surface area contributed by atoms with Crippen molar-refractivity contribution in [3.63, 3.8) is 0 Å². The smallest absolute Gasteiger partial charge is 0.387 e. The van der Waals surface area contributed by atoms with Gasteiger partial charge in [-0.15, -0.1) is 35.3 Å². The van der Waals surface area contributed by atoms with Crippen molar-refractivity contribution in [3.05, 3.63) is 39.8 Å². The molecule has 0 saturated carbocycles. The third kappa shape index (κ3) is 8.29. The SMILES string of the molecule is CCNC(=NCCc1ccc(OC)c(OC(F)F)c1)N(C)Cc1csc(C)n1.I. The van der Waals surface area contributed by atoms with Crippen molar-refractivity contribution >= 4 is 41.3 Å². The molecule has 0 spiro atoms. The maximum absolute atomic E-state index is 12.6. The number of benzene rings is 1. The van der Waals surface area contributed by atoms with E-state index >= 15 is 0 Å². The van der Waals surface area contributed by atoms with Gasteiger partial charge in [0.15, 0.2) is 17.5 Å². The van der Waals surface area contributed by atoms with E-state index in [2.05, 4.69) is 20.0 Å². The fourth-order valence-corrected chi connectivity index (χ4v) is 3.23. The number of halogens is 3. The summed E-state index contributed by atoms with van der Waals surface area (Å²) in [5.74, 6) is 1.08. The van der Waals surface area contributed by atoms with Crippen LogP contribution in [0.15, 0.2) is 28.6 Å². The molecule has 1 aromatic heterocycles. The number of thiazole rings is 1. The van der Waals surface area contributed by atoms with Gasteiger partial charge in [-0.3, -0.25) is 4.99 Å². The molecule has 1 aromatic carbocycles. The van der Waals surface area contributed by atoms with Crippen molar-refractivity contribution in [2.24, 2.45) is 4.99 Å². The number of ether oxygens (including phenoxy) is 2. The van der Waals surface area contributed by atoms with Crippen molar-refractivity contribution in [2.75, 3.05) is 27.2 Å². The second kappa shape index (κ2) is 12.8. The maximum Gasteiger partial charge on any atom is 0.387 e. The minimum absolute atomic E-state index is 0. The summed E-state index contributed by atoms with van der Waals surface area (Å²) >= 11 is 1.62. The highest BCUT2D eigenvalue weighted by Gasteiger charge is 2.12. The molecule has 0 fully saturated rings. The molecule has 0 amide bonds. The largest absolute Gasteiger partial charge is 0.493 e. The Morgan fingerprint density at radius 2 is 2.10 bits per heavy atom. The number of rotatable bonds is 9. The van der Waals surface area contributed by atoms with Crippen molar-refractivity contribution < 1.29 is 18.3 Å². The molecular formula is C19H27F2IN4O2S. The fraction of sp³-hybridized carbons (Fsp3) is 0.474. The predicted octanol–water partition coefficient (Wildman–Crippen LogP) is 4.32. The summed E-state index contributed by atoms with van der Waals surface area (Å²) in [6, 6.07) is 5.01. The summed E-state index contributed by atoms with van der Waals surface area (Å²) < 4.78 is 34.7. The second-order valence-electron chi connectivity index (χ2n) is 6.06. The van der Waals surface area contributed by atoms with Crippen molar-refractivity contribution in [1.29, 1.82) is 0 Å². The predicted molar refractivity (Wildman–Crippen MR) is 123 cm³/mol. The molecule has 0 radical (unpaired) electrons. The Morgan fingerprint density at radius 3 is 2.69 bits per heavy atom. The standard InChI is InChI=1S/C19H26F2N4O2S.HI/c1-5-22-19(25(3)11-15-12-28-13(2)24-15)23-9-8-14-6-7-16(26-4)17(10-14)27-18(20)21;/h6-7,10,12,18H,5,8-9,11H2,1-4H3,(H,22,23);1H. The zero-order valence-corrected chi connectivity index (χ0v) is 20.1. The van der Waals surface area contributed by atoms with Gasteiger partial charge in [-0.25, -0.2) is 4.98 Å². The molecule has 1 heterocycles. The molecule has 0 aliphatic carbocycles. The number of hydrogen-bond acceptors (Lipinski definition) is 5. The van der Waals surface area contributed by atoms with Crippen LogP contribution < -0.4 is 14.8 Å². The van der Waals surface area contributed by atoms with Crippen molar-refractivity contribution in [3.8, 4) is 11.5 Å². The zero-order valence-electron chi connectivity index (χ0n) is 16.9. The van der Waals surface area contributed by atoms with Crippen molar-refractivity contribution in [1.82, 2.24) is 15.2 Å². The lowest BCUT2D eigenvalue weighted by molar-refractivity contribution is -0.0512. The van der Waals surface area contributed by atoms with E-state index < -0.39 is 6.61 Å². The Balaban J connectivity index is 0.00000420. The molecule has 1 N–H and O–H groups in total. The molecule has 2 aromatic rings. The van der Waals surface area contributed by atoms with E-state index in [1.165, 1.54) is 7.11 Å². The average Bonchev–Trinajstić information content (AvgIpc) is 3.05. The summed E-state index contributed by atoms with van der Waals surface area (Å²) in [6.07, 6.45) is 0.585. The van der Waals surface area contributed by atoms with E-state index in [-0.39, 0.29) is 35.5 Å². The van der Waals surface area contributed by atoms with Crippen LogP contribution in [0.5, 0.6) is 11.5 Å². The molecule has 6 nitrogen and oxygen atoms in total. The molecule has 0 atom stereocenters. The molecule has 29 heavy (non-hydrogen) atoms. The van der Waals surface area contributed by atoms with Crippen LogP contribution in [-0.2, 0) is 13.0 Å². The quantitative estimate of drug-likeness (QED) is 0.292. The number of nitrogens with one attached hydrogen (secondary N) is 1. The first-order valence-corrected chi connectivity index (χ1v) is 9.83. The Hall–Kier alpha value is -1.69. The van der Waals surface area contributed by atoms with Gasteiger partial charge in [0.05, 0.1) is 24.4 Å². The zero-order chi connectivity index (χ0) is 20.5. The third-order valence-electron chi connectivity index (χ3n) is 3.87. The molecule has 0 saturated heterocycles. The van der Waals surface area contributed by atoms with Gasteiger partial charge in [-0.1, -0.05) is 6.07 Å². The van der Waals surface area contributed by atoms with E-state index in [1.807, 2.05) is 37.2 Å². The van der Waals surface area contributed by atoms with Crippen LogP contribution >= 0.6 is 35.3 Å². The number of aliphatic imine (C=N–C) groups is 1. The summed E-state index contributed by atoms with van der Waals surface area (Å²) in [4.78, 5) is 11.1. The van der Waals surface area contributed by atoms with Crippen LogP contribution in [0.2, 0.25) is 0 Å². The molecule has 10 heteroatoms. The van der Waals surface area contributed by atoms with Gasteiger partial charge in [-0.05, 0) is 38.0 Å². The van der Waals surface area contributed by atoms with Gasteiger partial charge in [-0.2, -0.15) is 8.78 Å². The Bertz CT molecular complexity index is 789. The van der Waals surface area contributed by atoms with Crippen LogP contribution in [-0.4, -0.2) is 49.7 Å². The topological polar surface area (TPSA) is 59.0 Å². The van der Waals surface area contributed by atoms with Crippen LogP contribution in [0.1, 0.15) is 23.2 Å². The number of guanidine groups is 1. The average molecular weight is 540 g/mol. The molecule has 0 aliphatic heterocycles. The first kappa shape index (κ1) is 25.3. The first-order valence-electron chi connectivity index (χ1n) is 8.95. The summed E-state index contributed by atoms with van der Waals surface area (Å²) in [6.45, 7) is 3.00. The lowest BCUT2D eigenvalue weighted by Gasteiger charge is -2.21. The van der Waals surface area contributed by atoms with E-state index in [4.69, 9.17) is 4.74 Å². The molecular weight excluding hydrogens is 513 g/mol. The van der Waals surface area contributed by atoms with Crippen LogP contribution in [0.3, 0.4) is 0 Å². The lowest BCUT2D eigenvalue weighted by Crippen LogP contribution is -2.38. The molecule has 2 rings (SSSR count). The van der Waals surface area contributed by atoms with Gasteiger partial charge in [0, 0.05) is 25.5 Å². The minimum Gasteiger partial charge on any atom is -0.493 e. The van der Waals surface area contributed by atoms with Crippen LogP contribution in [0, 0.1) is 6.92 Å². The van der Waals surface area contributed by atoms with Crippen LogP contribution in [0.25, 0.3) is 0 Å². The highest BCUT2D eigenvalue weighted by Crippen LogP contribution is 2.29. The summed E-state index contributed by atoms with van der Waals surface area (Å²) in [5.41, 5.74) is 1.84. The fourth-order valence-electron chi connectivity index (χ4n) is 2.62. The van der Waals surface area contributed by atoms with E-state index in [9.17, 15) is 8.78 Å². The number of alkyl halides is 2. The maximum atomic E-state index is 12.6. The van der Waals surface area contributed by atoms with Gasteiger partial charge in [0.25, 0.3) is 0 Å². The molecule has 0 bridgehead atoms. The third-order valence-corrected chi connectivity index (χ3v) is 4.69. The molecule has 0 aliphatic rings. The summed E-state index contributed by atoms with van der Waals surface area (Å²) in [7, 11) is 3.37. The van der Waals surface area contributed by atoms with Gasteiger partial charge in [0.2, 0.25) is 0 Å². The van der Waals surface area contributed by atoms with Crippen molar-refractivity contribution in [2.45, 2.75) is 33.4 Å². The van der Waals surface area contributed by atoms with E-state index in [0.717, 1.165) is 28.8 Å². The highest BCUT2D eigenvalue weighted by molar-refractivity contribution is 14.0. The Kier molecular flexibility index (Phi) is 11.2. The molecule has 0 unspecified atom stereocenters. The monoisotopic (exact) mass is 540 g/mol. The van der Waals surface area contributed by atoms with Gasteiger partial charge in [0.1, 0.15) is 0 Å². The van der Waals surface area contributed by atoms with Crippen LogP contribution in [0.4, 0.5) is 8.78 Å². The van der Waals surface area contributed by atoms with Gasteiger partial charge < -0.3 is 19.7 Å².